The molecule has 7 nitrogen and oxygen atoms in total. The highest BCUT2D eigenvalue weighted by atomic mass is 32.2. The van der Waals surface area contributed by atoms with Crippen molar-refractivity contribution in [2.24, 2.45) is 5.92 Å². The van der Waals surface area contributed by atoms with Crippen molar-refractivity contribution < 1.29 is 22.3 Å². The van der Waals surface area contributed by atoms with Gasteiger partial charge in [-0.15, -0.1) is 0 Å². The molecule has 0 unspecified atom stereocenters. The van der Waals surface area contributed by atoms with Crippen molar-refractivity contribution >= 4 is 27.5 Å². The third-order valence-corrected chi connectivity index (χ3v) is 7.53. The Kier molecular flexibility index (Phi) is 7.73. The molecule has 2 aromatic rings. The molecule has 1 fully saturated rings. The molecule has 0 bridgehead atoms. The summed E-state index contributed by atoms with van der Waals surface area (Å²) in [6, 6.07) is 11.4. The number of anilines is 2. The van der Waals surface area contributed by atoms with Crippen LogP contribution in [0.5, 0.6) is 5.75 Å². The van der Waals surface area contributed by atoms with E-state index in [0.29, 0.717) is 48.7 Å². The van der Waals surface area contributed by atoms with E-state index in [4.69, 9.17) is 4.74 Å². The predicted octanol–water partition coefficient (Wildman–Crippen LogP) is 3.95. The van der Waals surface area contributed by atoms with E-state index >= 15 is 0 Å². The summed E-state index contributed by atoms with van der Waals surface area (Å²) < 4.78 is 48.7. The molecule has 1 aliphatic rings. The number of benzene rings is 2. The number of nitrogens with zero attached hydrogens (tertiary/aromatic N) is 2. The Morgan fingerprint density at radius 2 is 1.94 bits per heavy atom. The molecular weight excluding hydrogens is 433 g/mol. The second-order valence-corrected chi connectivity index (χ2v) is 9.60. The molecule has 9 heteroatoms. The largest absolute Gasteiger partial charge is 0.494 e. The second kappa shape index (κ2) is 10.3. The van der Waals surface area contributed by atoms with Gasteiger partial charge < -0.3 is 10.1 Å². The molecule has 1 aliphatic heterocycles. The third-order valence-electron chi connectivity index (χ3n) is 5.52. The summed E-state index contributed by atoms with van der Waals surface area (Å²) in [7, 11) is -3.82. The predicted molar refractivity (Wildman–Crippen MR) is 124 cm³/mol. The molecule has 174 valence electrons. The Balaban J connectivity index is 1.72. The molecule has 0 radical (unpaired) electrons. The first-order chi connectivity index (χ1) is 15.3. The first kappa shape index (κ1) is 24.0. The summed E-state index contributed by atoms with van der Waals surface area (Å²) in [5.41, 5.74) is 1.40. The van der Waals surface area contributed by atoms with Gasteiger partial charge in [0.15, 0.2) is 0 Å². The first-order valence-electron chi connectivity index (χ1n) is 10.8. The van der Waals surface area contributed by atoms with E-state index in [0.717, 1.165) is 0 Å². The van der Waals surface area contributed by atoms with Crippen LogP contribution in [0, 0.1) is 18.7 Å². The van der Waals surface area contributed by atoms with E-state index in [1.54, 1.807) is 50.2 Å². The Hall–Kier alpha value is -2.65. The van der Waals surface area contributed by atoms with Crippen LogP contribution in [-0.2, 0) is 15.0 Å². The molecule has 1 amide bonds. The van der Waals surface area contributed by atoms with Crippen LogP contribution in [0.1, 0.15) is 32.3 Å². The zero-order chi connectivity index (χ0) is 23.3. The van der Waals surface area contributed by atoms with Crippen LogP contribution in [0.4, 0.5) is 15.8 Å². The molecule has 1 N–H and O–H groups in total. The number of ether oxygens (including phenoxy) is 1. The van der Waals surface area contributed by atoms with Crippen molar-refractivity contribution in [3.05, 3.63) is 53.8 Å². The van der Waals surface area contributed by atoms with Crippen molar-refractivity contribution in [2.45, 2.75) is 33.6 Å². The average molecular weight is 464 g/mol. The van der Waals surface area contributed by atoms with Crippen LogP contribution < -0.4 is 14.4 Å². The maximum absolute atomic E-state index is 13.8. The highest BCUT2D eigenvalue weighted by Gasteiger charge is 2.35. The highest BCUT2D eigenvalue weighted by molar-refractivity contribution is 7.90. The van der Waals surface area contributed by atoms with Gasteiger partial charge in [0, 0.05) is 25.3 Å². The van der Waals surface area contributed by atoms with Crippen molar-refractivity contribution in [1.82, 2.24) is 4.31 Å². The molecule has 1 atom stereocenters. The standard InChI is InChI=1S/C23H30FN3O4S/c1-4-27(20-10-12-21(13-11-20)31-5-2)32(29,30)26-14-6-7-18(16-26)23(28)25-19-9-8-17(3)22(24)15-19/h8-13,15,18H,4-7,14,16H2,1-3H3,(H,25,28)/t18-/m0/s1. The third kappa shape index (κ3) is 5.39. The molecule has 1 saturated heterocycles. The van der Waals surface area contributed by atoms with Gasteiger partial charge in [0.25, 0.3) is 0 Å². The Morgan fingerprint density at radius 1 is 1.22 bits per heavy atom. The molecule has 2 aromatic carbocycles. The van der Waals surface area contributed by atoms with Gasteiger partial charge in [0.05, 0.1) is 18.2 Å². The molecule has 0 aliphatic carbocycles. The molecule has 32 heavy (non-hydrogen) atoms. The fourth-order valence-corrected chi connectivity index (χ4v) is 5.50. The van der Waals surface area contributed by atoms with E-state index in [1.165, 1.54) is 14.7 Å². The van der Waals surface area contributed by atoms with Crippen LogP contribution in [0.2, 0.25) is 0 Å². The fraction of sp³-hybridized carbons (Fsp3) is 0.435. The zero-order valence-corrected chi connectivity index (χ0v) is 19.5. The average Bonchev–Trinajstić information content (AvgIpc) is 2.78. The lowest BCUT2D eigenvalue weighted by molar-refractivity contribution is -0.120. The number of nitrogens with one attached hydrogen (secondary N) is 1. The van der Waals surface area contributed by atoms with Crippen molar-refractivity contribution in [2.75, 3.05) is 35.9 Å². The highest BCUT2D eigenvalue weighted by Crippen LogP contribution is 2.27. The normalized spacial score (nSPS) is 17.1. The van der Waals surface area contributed by atoms with Gasteiger partial charge in [-0.3, -0.25) is 9.10 Å². The van der Waals surface area contributed by atoms with Crippen LogP contribution >= 0.6 is 0 Å². The monoisotopic (exact) mass is 463 g/mol. The first-order valence-corrected chi connectivity index (χ1v) is 12.2. The lowest BCUT2D eigenvalue weighted by Gasteiger charge is -2.35. The molecule has 1 heterocycles. The van der Waals surface area contributed by atoms with Crippen LogP contribution in [0.3, 0.4) is 0 Å². The molecule has 0 saturated carbocycles. The van der Waals surface area contributed by atoms with Gasteiger partial charge in [-0.2, -0.15) is 12.7 Å². The quantitative estimate of drug-likeness (QED) is 0.643. The van der Waals surface area contributed by atoms with E-state index in [9.17, 15) is 17.6 Å². The lowest BCUT2D eigenvalue weighted by Crippen LogP contribution is -2.50. The van der Waals surface area contributed by atoms with Crippen molar-refractivity contribution in [1.29, 1.82) is 0 Å². The minimum Gasteiger partial charge on any atom is -0.494 e. The van der Waals surface area contributed by atoms with E-state index in [-0.39, 0.29) is 19.0 Å². The van der Waals surface area contributed by atoms with Gasteiger partial charge in [-0.25, -0.2) is 4.39 Å². The smallest absolute Gasteiger partial charge is 0.304 e. The van der Waals surface area contributed by atoms with E-state index < -0.39 is 21.9 Å². The lowest BCUT2D eigenvalue weighted by atomic mass is 9.98. The van der Waals surface area contributed by atoms with Crippen molar-refractivity contribution in [3.8, 4) is 5.75 Å². The molecule has 0 spiro atoms. The zero-order valence-electron chi connectivity index (χ0n) is 18.7. The Bertz CT molecular complexity index is 1040. The summed E-state index contributed by atoms with van der Waals surface area (Å²) in [4.78, 5) is 12.8. The minimum atomic E-state index is -3.82. The Morgan fingerprint density at radius 3 is 2.56 bits per heavy atom. The molecular formula is C23H30FN3O4S. The number of piperidine rings is 1. The summed E-state index contributed by atoms with van der Waals surface area (Å²) in [6.07, 6.45) is 1.14. The van der Waals surface area contributed by atoms with Gasteiger partial charge in [-0.1, -0.05) is 6.07 Å². The number of amides is 1. The SMILES string of the molecule is CCOc1ccc(N(CC)S(=O)(=O)N2CCC[C@H](C(=O)Nc3ccc(C)c(F)c3)C2)cc1. The summed E-state index contributed by atoms with van der Waals surface area (Å²) >= 11 is 0. The van der Waals surface area contributed by atoms with Crippen LogP contribution in [0.25, 0.3) is 0 Å². The summed E-state index contributed by atoms with van der Waals surface area (Å²) in [5.74, 6) is -0.546. The minimum absolute atomic E-state index is 0.0794. The van der Waals surface area contributed by atoms with E-state index in [2.05, 4.69) is 5.32 Å². The molecule has 3 rings (SSSR count). The van der Waals surface area contributed by atoms with Gasteiger partial charge in [0.2, 0.25) is 5.91 Å². The number of aryl methyl sites for hydroxylation is 1. The van der Waals surface area contributed by atoms with E-state index in [1.807, 2.05) is 6.92 Å². The molecule has 0 aromatic heterocycles. The number of carbonyl (C=O) groups excluding carboxylic acids is 1. The number of halogens is 1. The van der Waals surface area contributed by atoms with Gasteiger partial charge in [0.1, 0.15) is 11.6 Å². The van der Waals surface area contributed by atoms with Crippen LogP contribution in [0.15, 0.2) is 42.5 Å². The fourth-order valence-electron chi connectivity index (χ4n) is 3.77. The number of rotatable bonds is 8. The van der Waals surface area contributed by atoms with Gasteiger partial charge in [-0.05, 0) is 75.6 Å². The Labute approximate surface area is 189 Å². The maximum Gasteiger partial charge on any atom is 0.304 e. The topological polar surface area (TPSA) is 79.0 Å². The second-order valence-electron chi connectivity index (χ2n) is 7.75. The van der Waals surface area contributed by atoms with Crippen LogP contribution in [-0.4, -0.2) is 44.9 Å². The summed E-state index contributed by atoms with van der Waals surface area (Å²) in [6.45, 7) is 6.51. The number of carbonyl (C=O) groups is 1. The van der Waals surface area contributed by atoms with Gasteiger partial charge >= 0.3 is 10.2 Å². The van der Waals surface area contributed by atoms with Crippen molar-refractivity contribution in [3.63, 3.8) is 0 Å². The summed E-state index contributed by atoms with van der Waals surface area (Å²) in [5, 5.41) is 2.72. The number of hydrogen-bond donors (Lipinski definition) is 1. The number of hydrogen-bond acceptors (Lipinski definition) is 4. The maximum atomic E-state index is 13.8.